The van der Waals surface area contributed by atoms with Gasteiger partial charge in [-0.15, -0.1) is 0 Å². The van der Waals surface area contributed by atoms with Crippen LogP contribution in [0, 0.1) is 5.92 Å². The quantitative estimate of drug-likeness (QED) is 0.186. The molecule has 3 atom stereocenters. The summed E-state index contributed by atoms with van der Waals surface area (Å²) in [5.74, 6) is -0.718. The Labute approximate surface area is 274 Å². The van der Waals surface area contributed by atoms with E-state index in [0.29, 0.717) is 53.4 Å². The van der Waals surface area contributed by atoms with E-state index in [1.54, 1.807) is 59.5 Å². The number of aliphatic hydroxyl groups excluding tert-OH is 1. The van der Waals surface area contributed by atoms with Crippen molar-refractivity contribution in [1.29, 1.82) is 0 Å². The number of nitrogens with two attached hydrogens (primary N) is 1. The number of nitrogens with one attached hydrogen (secondary N) is 2. The zero-order chi connectivity index (χ0) is 33.5. The number of aromatic nitrogens is 1. The molecule has 5 rings (SSSR count). The molecule has 5 N–H and O–H groups in total. The second kappa shape index (κ2) is 14.9. The fourth-order valence-corrected chi connectivity index (χ4v) is 5.51. The number of hydrogen-bond donors (Lipinski definition) is 4. The molecule has 0 bridgehead atoms. The van der Waals surface area contributed by atoms with Gasteiger partial charge in [-0.1, -0.05) is 37.3 Å². The summed E-state index contributed by atoms with van der Waals surface area (Å²) in [6, 6.07) is 22.4. The highest BCUT2D eigenvalue weighted by atomic mass is 16.5. The number of nitrogen functional groups attached to an aromatic ring is 1. The number of likely N-dealkylation sites (N-methyl/N-ethyl adjacent to an activating group) is 1. The van der Waals surface area contributed by atoms with Crippen molar-refractivity contribution in [3.63, 3.8) is 0 Å². The number of carbonyl (C=O) groups excluding carboxylic acids is 3. The maximum atomic E-state index is 13.8. The van der Waals surface area contributed by atoms with Gasteiger partial charge in [0.15, 0.2) is 5.75 Å². The number of rotatable bonds is 10. The Morgan fingerprint density at radius 2 is 1.62 bits per heavy atom. The lowest BCUT2D eigenvalue weighted by Gasteiger charge is -2.38. The van der Waals surface area contributed by atoms with Crippen molar-refractivity contribution in [3.05, 3.63) is 114 Å². The molecule has 3 amide bonds. The van der Waals surface area contributed by atoms with E-state index in [2.05, 4.69) is 20.5 Å². The van der Waals surface area contributed by atoms with Crippen molar-refractivity contribution < 1.29 is 24.2 Å². The fourth-order valence-electron chi connectivity index (χ4n) is 5.51. The van der Waals surface area contributed by atoms with Crippen molar-refractivity contribution in [2.45, 2.75) is 32.5 Å². The smallest absolute Gasteiger partial charge is 0.258 e. The first-order valence-electron chi connectivity index (χ1n) is 15.5. The topological polar surface area (TPSA) is 150 Å². The maximum absolute atomic E-state index is 13.8. The molecule has 3 aromatic carbocycles. The van der Waals surface area contributed by atoms with Crippen LogP contribution in [0.15, 0.2) is 91.3 Å². The molecule has 47 heavy (non-hydrogen) atoms. The van der Waals surface area contributed by atoms with Crippen molar-refractivity contribution in [2.75, 3.05) is 43.1 Å². The highest BCUT2D eigenvalue weighted by Crippen LogP contribution is 2.35. The van der Waals surface area contributed by atoms with Crippen LogP contribution < -0.4 is 21.1 Å². The van der Waals surface area contributed by atoms with Gasteiger partial charge in [0.05, 0.1) is 35.3 Å². The third-order valence-corrected chi connectivity index (χ3v) is 8.25. The molecule has 1 aliphatic heterocycles. The number of fused-ring (bicyclic) bond motifs is 1. The van der Waals surface area contributed by atoms with Crippen LogP contribution in [-0.4, -0.2) is 76.5 Å². The minimum absolute atomic E-state index is 0.121. The molecule has 0 radical (unpaired) electrons. The Bertz CT molecular complexity index is 1710. The van der Waals surface area contributed by atoms with Gasteiger partial charge in [-0.3, -0.25) is 24.3 Å². The number of pyridine rings is 1. The summed E-state index contributed by atoms with van der Waals surface area (Å²) in [6.07, 6.45) is 2.70. The van der Waals surface area contributed by atoms with Gasteiger partial charge in [-0.05, 0) is 68.1 Å². The monoisotopic (exact) mass is 636 g/mol. The van der Waals surface area contributed by atoms with Crippen LogP contribution in [-0.2, 0) is 6.54 Å². The lowest BCUT2D eigenvalue weighted by atomic mass is 9.98. The molecule has 1 aliphatic rings. The number of nitrogens with zero attached hydrogens (tertiary/aromatic N) is 3. The molecule has 0 unspecified atom stereocenters. The Balaban J connectivity index is 1.34. The van der Waals surface area contributed by atoms with Crippen LogP contribution in [0.3, 0.4) is 0 Å². The molecule has 1 aromatic heterocycles. The summed E-state index contributed by atoms with van der Waals surface area (Å²) in [5, 5.41) is 15.7. The molecule has 0 fully saturated rings. The Hall–Kier alpha value is -5.26. The largest absolute Gasteiger partial charge is 0.486 e. The maximum Gasteiger partial charge on any atom is 0.258 e. The van der Waals surface area contributed by atoms with Crippen molar-refractivity contribution >= 4 is 34.8 Å². The van der Waals surface area contributed by atoms with E-state index in [0.717, 1.165) is 5.56 Å². The first-order chi connectivity index (χ1) is 22.6. The standard InChI is InChI=1S/C36H40N6O5/c1-23-19-42(24(2)22-43)36(46)28-7-6-10-31(40-35(45)27-15-17-38-18-16-27)33(28)47-32(23)21-41(3)20-25-11-13-26(14-12-25)34(44)39-30-9-5-4-8-29(30)37/h4-18,23-24,32,43H,19-22,37H2,1-3H3,(H,39,44)(H,40,45)/t23-,24-,32-/m1/s1. The van der Waals surface area contributed by atoms with Gasteiger partial charge < -0.3 is 31.1 Å². The molecule has 0 saturated heterocycles. The molecule has 0 spiro atoms. The average Bonchev–Trinajstić information content (AvgIpc) is 3.08. The van der Waals surface area contributed by atoms with Gasteiger partial charge in [0.25, 0.3) is 17.7 Å². The van der Waals surface area contributed by atoms with Crippen LogP contribution in [0.4, 0.5) is 17.1 Å². The summed E-state index contributed by atoms with van der Waals surface area (Å²) in [7, 11) is 1.98. The van der Waals surface area contributed by atoms with Gasteiger partial charge in [0.1, 0.15) is 6.10 Å². The van der Waals surface area contributed by atoms with Crippen LogP contribution in [0.5, 0.6) is 5.75 Å². The number of benzene rings is 3. The molecule has 0 saturated carbocycles. The second-order valence-electron chi connectivity index (χ2n) is 11.9. The van der Waals surface area contributed by atoms with Gasteiger partial charge in [0, 0.05) is 49.1 Å². The molecular formula is C36H40N6O5. The molecule has 11 heteroatoms. The van der Waals surface area contributed by atoms with Crippen LogP contribution in [0.2, 0.25) is 0 Å². The van der Waals surface area contributed by atoms with Gasteiger partial charge in [-0.25, -0.2) is 0 Å². The fraction of sp³-hybridized carbons (Fsp3) is 0.278. The van der Waals surface area contributed by atoms with E-state index >= 15 is 0 Å². The van der Waals surface area contributed by atoms with E-state index in [4.69, 9.17) is 10.5 Å². The first kappa shape index (κ1) is 33.1. The SMILES string of the molecule is C[C@@H]1CN([C@H](C)CO)C(=O)c2cccc(NC(=O)c3ccncc3)c2O[C@@H]1CN(C)Cc1ccc(C(=O)Nc2ccccc2N)cc1. The molecule has 4 aromatic rings. The number of hydrogen-bond acceptors (Lipinski definition) is 8. The molecule has 0 aliphatic carbocycles. The minimum Gasteiger partial charge on any atom is -0.486 e. The molecule has 11 nitrogen and oxygen atoms in total. The van der Waals surface area contributed by atoms with E-state index in [1.165, 1.54) is 12.4 Å². The highest BCUT2D eigenvalue weighted by Gasteiger charge is 2.34. The van der Waals surface area contributed by atoms with Gasteiger partial charge in [0.2, 0.25) is 0 Å². The Morgan fingerprint density at radius 1 is 0.979 bits per heavy atom. The van der Waals surface area contributed by atoms with E-state index in [1.807, 2.05) is 45.2 Å². The Kier molecular flexibility index (Phi) is 10.5. The average molecular weight is 637 g/mol. The third kappa shape index (κ3) is 7.94. The minimum atomic E-state index is -0.418. The van der Waals surface area contributed by atoms with Crippen LogP contribution >= 0.6 is 0 Å². The Morgan fingerprint density at radius 3 is 2.30 bits per heavy atom. The summed E-state index contributed by atoms with van der Waals surface area (Å²) < 4.78 is 6.63. The summed E-state index contributed by atoms with van der Waals surface area (Å²) in [5.41, 5.74) is 9.63. The predicted molar refractivity (Wildman–Crippen MR) is 181 cm³/mol. The number of anilines is 3. The van der Waals surface area contributed by atoms with Crippen molar-refractivity contribution in [1.82, 2.24) is 14.8 Å². The summed E-state index contributed by atoms with van der Waals surface area (Å²) in [6.45, 7) is 5.08. The molecular weight excluding hydrogens is 596 g/mol. The number of carbonyl (C=O) groups is 3. The number of para-hydroxylation sites is 3. The summed E-state index contributed by atoms with van der Waals surface area (Å²) >= 11 is 0. The van der Waals surface area contributed by atoms with Crippen molar-refractivity contribution in [3.8, 4) is 5.75 Å². The van der Waals surface area contributed by atoms with Gasteiger partial charge >= 0.3 is 0 Å². The number of amides is 3. The molecule has 244 valence electrons. The van der Waals surface area contributed by atoms with E-state index in [-0.39, 0.29) is 42.1 Å². The first-order valence-corrected chi connectivity index (χ1v) is 15.5. The lowest BCUT2D eigenvalue weighted by Crippen LogP contribution is -2.49. The van der Waals surface area contributed by atoms with Gasteiger partial charge in [-0.2, -0.15) is 0 Å². The lowest BCUT2D eigenvalue weighted by molar-refractivity contribution is 0.0343. The third-order valence-electron chi connectivity index (χ3n) is 8.25. The van der Waals surface area contributed by atoms with Crippen molar-refractivity contribution in [2.24, 2.45) is 5.92 Å². The zero-order valence-electron chi connectivity index (χ0n) is 26.7. The van der Waals surface area contributed by atoms with Crippen LogP contribution in [0.1, 0.15) is 50.5 Å². The highest BCUT2D eigenvalue weighted by molar-refractivity contribution is 6.07. The number of aliphatic hydroxyl groups is 1. The van der Waals surface area contributed by atoms with Crippen LogP contribution in [0.25, 0.3) is 0 Å². The number of ether oxygens (including phenoxy) is 1. The van der Waals surface area contributed by atoms with E-state index < -0.39 is 6.04 Å². The normalized spacial score (nSPS) is 16.8. The summed E-state index contributed by atoms with van der Waals surface area (Å²) in [4.78, 5) is 47.4. The van der Waals surface area contributed by atoms with E-state index in [9.17, 15) is 19.5 Å². The predicted octanol–water partition coefficient (Wildman–Crippen LogP) is 4.52. The second-order valence-corrected chi connectivity index (χ2v) is 11.9. The zero-order valence-corrected chi connectivity index (χ0v) is 26.7. The molecule has 2 heterocycles.